The fraction of sp³-hybridized carbons (Fsp3) is 0.0909. The van der Waals surface area contributed by atoms with Crippen molar-refractivity contribution in [3.05, 3.63) is 103 Å². The summed E-state index contributed by atoms with van der Waals surface area (Å²) >= 11 is 11.9. The molecule has 0 amide bonds. The second-order valence-electron chi connectivity index (χ2n) is 6.70. The van der Waals surface area contributed by atoms with Gasteiger partial charge in [-0.25, -0.2) is 4.79 Å². The molecule has 0 heterocycles. The summed E-state index contributed by atoms with van der Waals surface area (Å²) in [6.07, 6.45) is 0. The molecule has 164 valence electrons. The summed E-state index contributed by atoms with van der Waals surface area (Å²) < 4.78 is 5.59. The molecule has 0 unspecified atom stereocenters. The predicted molar refractivity (Wildman–Crippen MR) is 121 cm³/mol. The maximum atomic E-state index is 12.4. The van der Waals surface area contributed by atoms with E-state index in [4.69, 9.17) is 38.5 Å². The monoisotopic (exact) mass is 473 g/mol. The van der Waals surface area contributed by atoms with Crippen LogP contribution in [0.4, 0.5) is 5.69 Å². The molecule has 0 fully saturated rings. The molecular formula is C22H17Cl2N3O5. The summed E-state index contributed by atoms with van der Waals surface area (Å²) in [5, 5.41) is 15.5. The summed E-state index contributed by atoms with van der Waals surface area (Å²) in [5.74, 6) is -0.710. The smallest absolute Gasteiger partial charge is 0.365 e. The number of hydrogen-bond acceptors (Lipinski definition) is 6. The van der Waals surface area contributed by atoms with Crippen molar-refractivity contribution < 1.29 is 19.3 Å². The van der Waals surface area contributed by atoms with Crippen LogP contribution in [-0.2, 0) is 11.4 Å². The Labute approximate surface area is 193 Å². The molecule has 3 aromatic carbocycles. The van der Waals surface area contributed by atoms with Crippen molar-refractivity contribution in [2.24, 2.45) is 10.9 Å². The molecule has 0 aliphatic rings. The van der Waals surface area contributed by atoms with Crippen LogP contribution >= 0.6 is 23.2 Å². The Morgan fingerprint density at radius 3 is 2.62 bits per heavy atom. The van der Waals surface area contributed by atoms with Gasteiger partial charge in [-0.1, -0.05) is 46.6 Å². The summed E-state index contributed by atoms with van der Waals surface area (Å²) in [6, 6.07) is 15.7. The lowest BCUT2D eigenvalue weighted by Gasteiger charge is -2.08. The van der Waals surface area contributed by atoms with Crippen LogP contribution in [0.25, 0.3) is 0 Å². The van der Waals surface area contributed by atoms with Crippen LogP contribution in [0.3, 0.4) is 0 Å². The molecule has 0 bridgehead atoms. The fourth-order valence-electron chi connectivity index (χ4n) is 2.73. The molecule has 0 saturated heterocycles. The van der Waals surface area contributed by atoms with Crippen molar-refractivity contribution in [3.63, 3.8) is 0 Å². The molecule has 0 spiro atoms. The molecule has 3 aromatic rings. The molecule has 0 atom stereocenters. The first-order valence-electron chi connectivity index (χ1n) is 9.21. The lowest BCUT2D eigenvalue weighted by Crippen LogP contribution is -2.16. The van der Waals surface area contributed by atoms with Crippen LogP contribution in [0.1, 0.15) is 27.0 Å². The number of nitro groups is 1. The van der Waals surface area contributed by atoms with E-state index >= 15 is 0 Å². The number of amidine groups is 1. The molecular weight excluding hydrogens is 457 g/mol. The highest BCUT2D eigenvalue weighted by Crippen LogP contribution is 2.28. The average molecular weight is 474 g/mol. The van der Waals surface area contributed by atoms with E-state index < -0.39 is 10.9 Å². The van der Waals surface area contributed by atoms with E-state index in [2.05, 4.69) is 5.16 Å². The van der Waals surface area contributed by atoms with Gasteiger partial charge in [-0.15, -0.1) is 0 Å². The molecule has 0 aliphatic carbocycles. The zero-order valence-electron chi connectivity index (χ0n) is 16.7. The minimum Gasteiger partial charge on any atom is -0.482 e. The lowest BCUT2D eigenvalue weighted by molar-refractivity contribution is -0.386. The molecule has 0 aromatic heterocycles. The Hall–Kier alpha value is -3.62. The number of benzene rings is 3. The predicted octanol–water partition coefficient (Wildman–Crippen LogP) is 5.27. The zero-order valence-corrected chi connectivity index (χ0v) is 18.3. The number of ether oxygens (including phenoxy) is 1. The normalized spacial score (nSPS) is 11.2. The van der Waals surface area contributed by atoms with E-state index in [9.17, 15) is 14.9 Å². The van der Waals surface area contributed by atoms with Gasteiger partial charge in [-0.3, -0.25) is 10.1 Å². The number of halogens is 2. The number of aryl methyl sites for hydroxylation is 1. The second-order valence-corrected chi connectivity index (χ2v) is 7.54. The third kappa shape index (κ3) is 5.75. The number of oxime groups is 1. The Morgan fingerprint density at radius 2 is 1.91 bits per heavy atom. The quantitative estimate of drug-likeness (QED) is 0.164. The maximum Gasteiger partial charge on any atom is 0.365 e. The van der Waals surface area contributed by atoms with Gasteiger partial charge >= 0.3 is 11.7 Å². The third-order valence-corrected chi connectivity index (χ3v) is 4.85. The third-order valence-electron chi connectivity index (χ3n) is 4.30. The van der Waals surface area contributed by atoms with E-state index in [0.29, 0.717) is 16.1 Å². The van der Waals surface area contributed by atoms with Crippen LogP contribution < -0.4 is 10.5 Å². The largest absolute Gasteiger partial charge is 0.482 e. The standard InChI is InChI=1S/C22H17Cl2N3O5/c1-13-5-8-20(19(9-13)27(29)30)31-12-14-3-2-4-15(10-14)22(28)32-26-21(25)17-7-6-16(23)11-18(17)24/h2-11H,12H2,1H3,(H2,25,26). The van der Waals surface area contributed by atoms with Crippen LogP contribution in [0.5, 0.6) is 5.75 Å². The van der Waals surface area contributed by atoms with Crippen molar-refractivity contribution >= 4 is 40.7 Å². The van der Waals surface area contributed by atoms with E-state index in [1.165, 1.54) is 30.3 Å². The number of carbonyl (C=O) groups excluding carboxylic acids is 1. The van der Waals surface area contributed by atoms with Gasteiger partial charge in [0.15, 0.2) is 11.6 Å². The zero-order chi connectivity index (χ0) is 23.3. The van der Waals surface area contributed by atoms with Crippen molar-refractivity contribution in [2.45, 2.75) is 13.5 Å². The number of nitrogens with zero attached hydrogens (tertiary/aromatic N) is 2. The first kappa shape index (κ1) is 23.1. The van der Waals surface area contributed by atoms with Gasteiger partial charge in [0.1, 0.15) is 6.61 Å². The Bertz CT molecular complexity index is 1210. The fourth-order valence-corrected chi connectivity index (χ4v) is 3.24. The SMILES string of the molecule is Cc1ccc(OCc2cccc(C(=O)O/N=C(\N)c3ccc(Cl)cc3Cl)c2)c([N+](=O)[O-])c1. The van der Waals surface area contributed by atoms with Gasteiger partial charge in [-0.2, -0.15) is 0 Å². The number of rotatable bonds is 7. The number of nitrogens with two attached hydrogens (primary N) is 1. The van der Waals surface area contributed by atoms with Crippen molar-refractivity contribution in [2.75, 3.05) is 0 Å². The maximum absolute atomic E-state index is 12.4. The van der Waals surface area contributed by atoms with Gasteiger partial charge < -0.3 is 15.3 Å². The molecule has 0 radical (unpaired) electrons. The van der Waals surface area contributed by atoms with Crippen molar-refractivity contribution in [3.8, 4) is 5.75 Å². The van der Waals surface area contributed by atoms with Crippen LogP contribution in [0, 0.1) is 17.0 Å². The molecule has 3 rings (SSSR count). The first-order chi connectivity index (χ1) is 15.2. The topological polar surface area (TPSA) is 117 Å². The van der Waals surface area contributed by atoms with Crippen LogP contribution in [-0.4, -0.2) is 16.7 Å². The molecule has 0 saturated carbocycles. The molecule has 2 N–H and O–H groups in total. The average Bonchev–Trinajstić information content (AvgIpc) is 2.76. The summed E-state index contributed by atoms with van der Waals surface area (Å²) in [4.78, 5) is 28.0. The van der Waals surface area contributed by atoms with Crippen molar-refractivity contribution in [1.82, 2.24) is 0 Å². The summed E-state index contributed by atoms with van der Waals surface area (Å²) in [6.45, 7) is 1.76. The van der Waals surface area contributed by atoms with E-state index in [1.54, 1.807) is 37.3 Å². The first-order valence-corrected chi connectivity index (χ1v) is 9.97. The Balaban J connectivity index is 1.69. The van der Waals surface area contributed by atoms with Gasteiger partial charge in [0.05, 0.1) is 15.5 Å². The molecule has 32 heavy (non-hydrogen) atoms. The minimum absolute atomic E-state index is 0.0107. The summed E-state index contributed by atoms with van der Waals surface area (Å²) in [5.41, 5.74) is 7.61. The highest BCUT2D eigenvalue weighted by Gasteiger charge is 2.16. The van der Waals surface area contributed by atoms with Crippen LogP contribution in [0.15, 0.2) is 65.8 Å². The van der Waals surface area contributed by atoms with E-state index in [-0.39, 0.29) is 34.5 Å². The lowest BCUT2D eigenvalue weighted by atomic mass is 10.1. The highest BCUT2D eigenvalue weighted by atomic mass is 35.5. The van der Waals surface area contributed by atoms with E-state index in [0.717, 1.165) is 5.56 Å². The van der Waals surface area contributed by atoms with Gasteiger partial charge in [-0.05, 0) is 54.4 Å². The minimum atomic E-state index is -0.749. The van der Waals surface area contributed by atoms with E-state index in [1.807, 2.05) is 0 Å². The number of nitro benzene ring substituents is 1. The van der Waals surface area contributed by atoms with Gasteiger partial charge in [0.25, 0.3) is 0 Å². The van der Waals surface area contributed by atoms with Gasteiger partial charge in [0, 0.05) is 16.7 Å². The molecule has 0 aliphatic heterocycles. The number of hydrogen-bond donors (Lipinski definition) is 1. The van der Waals surface area contributed by atoms with Crippen LogP contribution in [0.2, 0.25) is 10.0 Å². The molecule has 10 heteroatoms. The van der Waals surface area contributed by atoms with Gasteiger partial charge in [0.2, 0.25) is 0 Å². The second kappa shape index (κ2) is 10.1. The molecule has 8 nitrogen and oxygen atoms in total. The number of carbonyl (C=O) groups is 1. The Kier molecular flexibility index (Phi) is 7.29. The van der Waals surface area contributed by atoms with Crippen molar-refractivity contribution in [1.29, 1.82) is 0 Å². The summed E-state index contributed by atoms with van der Waals surface area (Å²) in [7, 11) is 0. The Morgan fingerprint density at radius 1 is 1.12 bits per heavy atom. The highest BCUT2D eigenvalue weighted by molar-refractivity contribution is 6.36.